The lowest BCUT2D eigenvalue weighted by atomic mass is 10.2. The van der Waals surface area contributed by atoms with Crippen molar-refractivity contribution < 1.29 is 13.5 Å². The molecular weight excluding hydrogens is 320 g/mol. The summed E-state index contributed by atoms with van der Waals surface area (Å²) < 4.78 is 25.1. The van der Waals surface area contributed by atoms with Crippen LogP contribution < -0.4 is 5.32 Å². The molecule has 1 aromatic carbocycles. The highest BCUT2D eigenvalue weighted by Gasteiger charge is 2.12. The van der Waals surface area contributed by atoms with E-state index in [1.807, 2.05) is 0 Å². The fourth-order valence-electron chi connectivity index (χ4n) is 1.30. The molecule has 0 radical (unpaired) electrons. The van der Waals surface area contributed by atoms with E-state index in [0.29, 0.717) is 13.1 Å². The molecule has 2 N–H and O–H groups in total. The molecule has 7 heteroatoms. The van der Waals surface area contributed by atoms with Crippen LogP contribution in [0.4, 0.5) is 0 Å². The lowest BCUT2D eigenvalue weighted by Gasteiger charge is -2.12. The molecule has 5 nitrogen and oxygen atoms in total. The van der Waals surface area contributed by atoms with Gasteiger partial charge in [0.15, 0.2) is 0 Å². The van der Waals surface area contributed by atoms with E-state index in [0.717, 1.165) is 10.0 Å². The molecule has 18 heavy (non-hydrogen) atoms. The fourth-order valence-corrected chi connectivity index (χ4v) is 2.48. The van der Waals surface area contributed by atoms with Crippen LogP contribution in [0.2, 0.25) is 0 Å². The number of hydrogen-bond donors (Lipinski definition) is 2. The van der Waals surface area contributed by atoms with E-state index in [1.165, 1.54) is 18.4 Å². The first-order valence-electron chi connectivity index (χ1n) is 5.41. The Bertz CT molecular complexity index is 503. The van der Waals surface area contributed by atoms with Crippen LogP contribution >= 0.6 is 15.9 Å². The minimum atomic E-state index is -3.17. The van der Waals surface area contributed by atoms with Crippen LogP contribution in [0.15, 0.2) is 22.7 Å². The summed E-state index contributed by atoms with van der Waals surface area (Å²) in [5.41, 5.74) is 0.728. The number of aromatic hydroxyl groups is 1. The zero-order valence-corrected chi connectivity index (χ0v) is 12.8. The Morgan fingerprint density at radius 3 is 2.67 bits per heavy atom. The first kappa shape index (κ1) is 15.4. The van der Waals surface area contributed by atoms with Crippen LogP contribution in [0.25, 0.3) is 0 Å². The summed E-state index contributed by atoms with van der Waals surface area (Å²) >= 11 is 3.31. The van der Waals surface area contributed by atoms with Gasteiger partial charge in [0.1, 0.15) is 5.75 Å². The minimum absolute atomic E-state index is 0.0365. The van der Waals surface area contributed by atoms with Crippen LogP contribution in [0.5, 0.6) is 5.75 Å². The normalized spacial score (nSPS) is 12.0. The average molecular weight is 337 g/mol. The Labute approximate surface area is 116 Å². The van der Waals surface area contributed by atoms with Crippen molar-refractivity contribution in [2.24, 2.45) is 0 Å². The molecule has 0 aliphatic heterocycles. The van der Waals surface area contributed by atoms with Crippen molar-refractivity contribution in [3.05, 3.63) is 28.2 Å². The van der Waals surface area contributed by atoms with Gasteiger partial charge < -0.3 is 10.4 Å². The zero-order valence-electron chi connectivity index (χ0n) is 10.4. The van der Waals surface area contributed by atoms with E-state index in [4.69, 9.17) is 0 Å². The van der Waals surface area contributed by atoms with E-state index in [2.05, 4.69) is 21.2 Å². The number of phenols is 1. The monoisotopic (exact) mass is 336 g/mol. The van der Waals surface area contributed by atoms with Crippen LogP contribution in [-0.2, 0) is 16.6 Å². The van der Waals surface area contributed by atoms with Crippen LogP contribution in [0.1, 0.15) is 5.56 Å². The van der Waals surface area contributed by atoms with Gasteiger partial charge in [0.2, 0.25) is 10.0 Å². The first-order valence-corrected chi connectivity index (χ1v) is 7.81. The molecule has 0 atom stereocenters. The fraction of sp³-hybridized carbons (Fsp3) is 0.455. The van der Waals surface area contributed by atoms with Gasteiger partial charge in [0.25, 0.3) is 0 Å². The molecule has 0 bridgehead atoms. The van der Waals surface area contributed by atoms with Gasteiger partial charge in [-0.05, 0) is 18.2 Å². The van der Waals surface area contributed by atoms with Crippen molar-refractivity contribution in [1.29, 1.82) is 0 Å². The van der Waals surface area contributed by atoms with Gasteiger partial charge in [-0.2, -0.15) is 0 Å². The van der Waals surface area contributed by atoms with Crippen molar-refractivity contribution in [2.45, 2.75) is 6.54 Å². The molecule has 0 aliphatic carbocycles. The van der Waals surface area contributed by atoms with E-state index in [9.17, 15) is 13.5 Å². The van der Waals surface area contributed by atoms with Crippen molar-refractivity contribution in [1.82, 2.24) is 9.62 Å². The maximum atomic E-state index is 11.5. The van der Waals surface area contributed by atoms with E-state index >= 15 is 0 Å². The maximum absolute atomic E-state index is 11.5. The summed E-state index contributed by atoms with van der Waals surface area (Å²) in [6, 6.07) is 5.13. The van der Waals surface area contributed by atoms with Crippen molar-refractivity contribution in [3.63, 3.8) is 0 Å². The third-order valence-corrected chi connectivity index (χ3v) is 4.78. The summed E-state index contributed by atoms with van der Waals surface area (Å²) in [5, 5.41) is 12.6. The molecule has 102 valence electrons. The highest BCUT2D eigenvalue weighted by Crippen LogP contribution is 2.21. The van der Waals surface area contributed by atoms with Gasteiger partial charge in [-0.3, -0.25) is 0 Å². The number of phenolic OH excluding ortho intramolecular Hbond substituents is 1. The lowest BCUT2D eigenvalue weighted by Crippen LogP contribution is -2.31. The number of hydrogen-bond acceptors (Lipinski definition) is 4. The number of sulfonamides is 1. The lowest BCUT2D eigenvalue weighted by molar-refractivity contribution is 0.464. The predicted molar refractivity (Wildman–Crippen MR) is 75.0 cm³/mol. The largest absolute Gasteiger partial charge is 0.508 e. The van der Waals surface area contributed by atoms with Crippen LogP contribution in [0, 0.1) is 0 Å². The molecule has 0 aromatic heterocycles. The van der Waals surface area contributed by atoms with Gasteiger partial charge in [0.05, 0.1) is 5.75 Å². The third kappa shape index (κ3) is 4.56. The molecule has 1 rings (SSSR count). The van der Waals surface area contributed by atoms with Crippen LogP contribution in [0.3, 0.4) is 0 Å². The maximum Gasteiger partial charge on any atom is 0.214 e. The number of rotatable bonds is 6. The second kappa shape index (κ2) is 6.51. The summed E-state index contributed by atoms with van der Waals surface area (Å²) in [6.07, 6.45) is 0. The summed E-state index contributed by atoms with van der Waals surface area (Å²) in [4.78, 5) is 0. The molecule has 0 heterocycles. The molecule has 0 saturated heterocycles. The van der Waals surface area contributed by atoms with Gasteiger partial charge >= 0.3 is 0 Å². The molecule has 1 aromatic rings. The molecule has 0 spiro atoms. The second-order valence-corrected chi connectivity index (χ2v) is 7.27. The summed E-state index contributed by atoms with van der Waals surface area (Å²) in [6.45, 7) is 0.765. The highest BCUT2D eigenvalue weighted by molar-refractivity contribution is 9.10. The quantitative estimate of drug-likeness (QED) is 0.764. The zero-order chi connectivity index (χ0) is 13.8. The number of nitrogens with one attached hydrogen (secondary N) is 1. The van der Waals surface area contributed by atoms with Gasteiger partial charge in [-0.1, -0.05) is 15.9 Å². The Balaban J connectivity index is 2.46. The van der Waals surface area contributed by atoms with Crippen molar-refractivity contribution >= 4 is 26.0 Å². The molecule has 0 unspecified atom stereocenters. The van der Waals surface area contributed by atoms with Crippen LogP contribution in [-0.4, -0.2) is 44.2 Å². The Morgan fingerprint density at radius 2 is 2.06 bits per heavy atom. The van der Waals surface area contributed by atoms with Gasteiger partial charge in [-0.15, -0.1) is 0 Å². The third-order valence-electron chi connectivity index (χ3n) is 2.45. The summed E-state index contributed by atoms with van der Waals surface area (Å²) in [5.74, 6) is 0.232. The Morgan fingerprint density at radius 1 is 1.39 bits per heavy atom. The second-order valence-electron chi connectivity index (χ2n) is 4.05. The smallest absolute Gasteiger partial charge is 0.214 e. The molecular formula is C11H17BrN2O3S. The molecule has 0 fully saturated rings. The van der Waals surface area contributed by atoms with Crippen molar-refractivity contribution in [3.8, 4) is 5.75 Å². The Hall–Kier alpha value is -0.630. The van der Waals surface area contributed by atoms with Gasteiger partial charge in [0, 0.05) is 37.2 Å². The van der Waals surface area contributed by atoms with E-state index in [-0.39, 0.29) is 11.5 Å². The first-order chi connectivity index (χ1) is 8.33. The number of nitrogens with zero attached hydrogens (tertiary/aromatic N) is 1. The Kier molecular flexibility index (Phi) is 5.58. The molecule has 0 amide bonds. The SMILES string of the molecule is CN(C)S(=O)(=O)CCNCc1cc(Br)ccc1O. The summed E-state index contributed by atoms with van der Waals surface area (Å²) in [7, 11) is -0.153. The van der Waals surface area contributed by atoms with Crippen molar-refractivity contribution in [2.75, 3.05) is 26.4 Å². The molecule has 0 saturated carbocycles. The van der Waals surface area contributed by atoms with E-state index < -0.39 is 10.0 Å². The standard InChI is InChI=1S/C11H17BrN2O3S/c1-14(2)18(16,17)6-5-13-8-9-7-10(12)3-4-11(9)15/h3-4,7,13,15H,5-6,8H2,1-2H3. The average Bonchev–Trinajstić information content (AvgIpc) is 2.28. The molecule has 0 aliphatic rings. The number of halogens is 1. The highest BCUT2D eigenvalue weighted by atomic mass is 79.9. The minimum Gasteiger partial charge on any atom is -0.508 e. The van der Waals surface area contributed by atoms with E-state index in [1.54, 1.807) is 18.2 Å². The number of benzene rings is 1. The predicted octanol–water partition coefficient (Wildman–Crippen LogP) is 1.14. The topological polar surface area (TPSA) is 69.6 Å². The van der Waals surface area contributed by atoms with Gasteiger partial charge in [-0.25, -0.2) is 12.7 Å².